The maximum Gasteiger partial charge on any atom is 0.124 e. The lowest BCUT2D eigenvalue weighted by Gasteiger charge is -1.91. The van der Waals surface area contributed by atoms with Crippen molar-refractivity contribution in [1.82, 2.24) is 0 Å². The molecule has 0 heterocycles. The summed E-state index contributed by atoms with van der Waals surface area (Å²) in [5.74, 6) is -0.353. The first-order valence-electron chi connectivity index (χ1n) is 2.32. The minimum absolute atomic E-state index is 0.296. The van der Waals surface area contributed by atoms with Crippen LogP contribution in [-0.4, -0.2) is 0 Å². The SMILES string of the molecule is Fc1ccc([S])c(Cl)c1. The Morgan fingerprint density at radius 3 is 2.56 bits per heavy atom. The summed E-state index contributed by atoms with van der Waals surface area (Å²) >= 11 is 10.2. The molecule has 1 rings (SSSR count). The van der Waals surface area contributed by atoms with E-state index in [2.05, 4.69) is 0 Å². The zero-order valence-corrected chi connectivity index (χ0v) is 5.97. The van der Waals surface area contributed by atoms with Crippen LogP contribution in [0.3, 0.4) is 0 Å². The van der Waals surface area contributed by atoms with Crippen LogP contribution in [-0.2, 0) is 0 Å². The molecule has 0 nitrogen and oxygen atoms in total. The predicted molar refractivity (Wildman–Crippen MR) is 37.3 cm³/mol. The summed E-state index contributed by atoms with van der Waals surface area (Å²) in [7, 11) is 0. The van der Waals surface area contributed by atoms with E-state index in [1.165, 1.54) is 18.2 Å². The fraction of sp³-hybridized carbons (Fsp3) is 0. The molecule has 0 saturated carbocycles. The molecule has 0 atom stereocenters. The molecule has 0 saturated heterocycles. The van der Waals surface area contributed by atoms with Crippen molar-refractivity contribution >= 4 is 24.2 Å². The van der Waals surface area contributed by atoms with Crippen molar-refractivity contribution in [2.75, 3.05) is 0 Å². The van der Waals surface area contributed by atoms with E-state index < -0.39 is 0 Å². The maximum atomic E-state index is 12.2. The summed E-state index contributed by atoms with van der Waals surface area (Å²) in [4.78, 5) is 0.484. The van der Waals surface area contributed by atoms with Gasteiger partial charge in [-0.25, -0.2) is 4.39 Å². The Labute approximate surface area is 63.1 Å². The zero-order chi connectivity index (χ0) is 6.85. The van der Waals surface area contributed by atoms with Gasteiger partial charge in [0, 0.05) is 0 Å². The molecule has 0 aliphatic rings. The van der Waals surface area contributed by atoms with Crippen molar-refractivity contribution < 1.29 is 4.39 Å². The third-order valence-electron chi connectivity index (χ3n) is 0.894. The fourth-order valence-corrected chi connectivity index (χ4v) is 0.769. The van der Waals surface area contributed by atoms with Crippen molar-refractivity contribution in [2.45, 2.75) is 4.90 Å². The van der Waals surface area contributed by atoms with Gasteiger partial charge in [-0.05, 0) is 18.2 Å². The van der Waals surface area contributed by atoms with Gasteiger partial charge in [-0.3, -0.25) is 0 Å². The minimum atomic E-state index is -0.353. The predicted octanol–water partition coefficient (Wildman–Crippen LogP) is 3.04. The van der Waals surface area contributed by atoms with Crippen LogP contribution in [0, 0.1) is 5.82 Å². The molecule has 0 fully saturated rings. The number of hydrogen-bond acceptors (Lipinski definition) is 0. The molecule has 9 heavy (non-hydrogen) atoms. The molecule has 0 N–H and O–H groups in total. The van der Waals surface area contributed by atoms with E-state index in [0.29, 0.717) is 9.92 Å². The van der Waals surface area contributed by atoms with Crippen LogP contribution >= 0.6 is 24.2 Å². The Morgan fingerprint density at radius 2 is 2.11 bits per heavy atom. The Kier molecular flexibility index (Phi) is 1.88. The van der Waals surface area contributed by atoms with Gasteiger partial charge in [0.25, 0.3) is 0 Å². The molecule has 1 radical (unpaired) electrons. The largest absolute Gasteiger partial charge is 0.207 e. The van der Waals surface area contributed by atoms with Crippen molar-refractivity contribution in [3.8, 4) is 0 Å². The van der Waals surface area contributed by atoms with Crippen molar-refractivity contribution in [3.63, 3.8) is 0 Å². The second kappa shape index (κ2) is 2.50. The molecular formula is C6H3ClFS. The molecule has 0 aromatic heterocycles. The van der Waals surface area contributed by atoms with Gasteiger partial charge in [0.05, 0.1) is 9.92 Å². The smallest absolute Gasteiger partial charge is 0.124 e. The topological polar surface area (TPSA) is 0 Å². The third kappa shape index (κ3) is 1.53. The van der Waals surface area contributed by atoms with Crippen molar-refractivity contribution in [3.05, 3.63) is 29.0 Å². The van der Waals surface area contributed by atoms with Crippen LogP contribution in [0.1, 0.15) is 0 Å². The fourth-order valence-electron chi connectivity index (χ4n) is 0.475. The number of hydrogen-bond donors (Lipinski definition) is 0. The summed E-state index contributed by atoms with van der Waals surface area (Å²) in [6.07, 6.45) is 0. The van der Waals surface area contributed by atoms with Crippen LogP contribution in [0.5, 0.6) is 0 Å². The van der Waals surface area contributed by atoms with Crippen LogP contribution in [0.25, 0.3) is 0 Å². The highest BCUT2D eigenvalue weighted by atomic mass is 35.5. The second-order valence-electron chi connectivity index (χ2n) is 1.57. The molecular weight excluding hydrogens is 159 g/mol. The Balaban J connectivity index is 3.17. The molecule has 1 aromatic rings. The second-order valence-corrected chi connectivity index (χ2v) is 2.42. The molecule has 1 aromatic carbocycles. The number of rotatable bonds is 0. The summed E-state index contributed by atoms with van der Waals surface area (Å²) in [6.45, 7) is 0. The lowest BCUT2D eigenvalue weighted by Crippen LogP contribution is -1.72. The Hall–Kier alpha value is -0.340. The minimum Gasteiger partial charge on any atom is -0.207 e. The number of halogens is 2. The summed E-state index contributed by atoms with van der Waals surface area (Å²) in [5.41, 5.74) is 0. The molecule has 0 unspecified atom stereocenters. The lowest BCUT2D eigenvalue weighted by molar-refractivity contribution is 0.626. The van der Waals surface area contributed by atoms with Crippen LogP contribution in [0.2, 0.25) is 5.02 Å². The molecule has 0 spiro atoms. The first kappa shape index (κ1) is 6.78. The van der Waals surface area contributed by atoms with E-state index in [1.54, 1.807) is 0 Å². The highest BCUT2D eigenvalue weighted by Crippen LogP contribution is 2.19. The summed E-state index contributed by atoms with van der Waals surface area (Å²) in [6, 6.07) is 3.95. The van der Waals surface area contributed by atoms with Gasteiger partial charge in [0.2, 0.25) is 0 Å². The highest BCUT2D eigenvalue weighted by Gasteiger charge is 1.96. The average Bonchev–Trinajstić information content (AvgIpc) is 1.80. The Bertz CT molecular complexity index is 224. The van der Waals surface area contributed by atoms with Gasteiger partial charge >= 0.3 is 0 Å². The first-order chi connectivity index (χ1) is 4.20. The van der Waals surface area contributed by atoms with Gasteiger partial charge in [-0.2, -0.15) is 0 Å². The van der Waals surface area contributed by atoms with Crippen molar-refractivity contribution in [1.29, 1.82) is 0 Å². The maximum absolute atomic E-state index is 12.2. The summed E-state index contributed by atoms with van der Waals surface area (Å²) in [5, 5.41) is 0.296. The van der Waals surface area contributed by atoms with E-state index in [4.69, 9.17) is 24.2 Å². The average molecular weight is 162 g/mol. The molecule has 0 aliphatic heterocycles. The van der Waals surface area contributed by atoms with E-state index in [1.807, 2.05) is 0 Å². The zero-order valence-electron chi connectivity index (χ0n) is 4.40. The number of benzene rings is 1. The van der Waals surface area contributed by atoms with Gasteiger partial charge < -0.3 is 0 Å². The van der Waals surface area contributed by atoms with Crippen molar-refractivity contribution in [2.24, 2.45) is 0 Å². The highest BCUT2D eigenvalue weighted by molar-refractivity contribution is 7.80. The molecule has 47 valence electrons. The van der Waals surface area contributed by atoms with Crippen LogP contribution in [0.4, 0.5) is 4.39 Å². The van der Waals surface area contributed by atoms with Gasteiger partial charge in [-0.15, -0.1) is 0 Å². The first-order valence-corrected chi connectivity index (χ1v) is 3.11. The van der Waals surface area contributed by atoms with Gasteiger partial charge in [0.15, 0.2) is 0 Å². The van der Waals surface area contributed by atoms with E-state index in [9.17, 15) is 4.39 Å². The standard InChI is InChI=1S/C6H3ClFS/c7-5-3-4(8)1-2-6(5)9/h1-3H. The van der Waals surface area contributed by atoms with E-state index in [-0.39, 0.29) is 5.82 Å². The van der Waals surface area contributed by atoms with E-state index >= 15 is 0 Å². The van der Waals surface area contributed by atoms with E-state index in [0.717, 1.165) is 0 Å². The third-order valence-corrected chi connectivity index (χ3v) is 1.67. The molecule has 0 amide bonds. The lowest BCUT2D eigenvalue weighted by atomic mass is 10.3. The van der Waals surface area contributed by atoms with Gasteiger partial charge in [-0.1, -0.05) is 24.2 Å². The van der Waals surface area contributed by atoms with Crippen LogP contribution < -0.4 is 0 Å². The van der Waals surface area contributed by atoms with Crippen LogP contribution in [0.15, 0.2) is 23.1 Å². The molecule has 3 heteroatoms. The quantitative estimate of drug-likeness (QED) is 0.549. The van der Waals surface area contributed by atoms with Gasteiger partial charge in [0.1, 0.15) is 5.82 Å². The molecule has 0 bridgehead atoms. The monoisotopic (exact) mass is 161 g/mol. The molecule has 0 aliphatic carbocycles. The summed E-state index contributed by atoms with van der Waals surface area (Å²) < 4.78 is 12.2. The Morgan fingerprint density at radius 1 is 1.44 bits per heavy atom. The normalized spacial score (nSPS) is 9.56.